The van der Waals surface area contributed by atoms with E-state index in [0.29, 0.717) is 5.56 Å². The van der Waals surface area contributed by atoms with Crippen LogP contribution in [-0.4, -0.2) is 8.42 Å². The molecule has 0 aliphatic rings. The lowest BCUT2D eigenvalue weighted by Crippen LogP contribution is -2.10. The highest BCUT2D eigenvalue weighted by molar-refractivity contribution is 7.92. The molecule has 20 heavy (non-hydrogen) atoms. The van der Waals surface area contributed by atoms with E-state index in [1.807, 2.05) is 38.1 Å². The summed E-state index contributed by atoms with van der Waals surface area (Å²) < 4.78 is 24.0. The molecule has 0 N–H and O–H groups in total. The molecule has 0 aromatic heterocycles. The molecule has 0 heterocycles. The maximum atomic E-state index is 12.6. The summed E-state index contributed by atoms with van der Waals surface area (Å²) in [7, 11) is -3.57. The molecule has 2 aromatic carbocycles. The highest BCUT2D eigenvalue weighted by atomic mass is 35.5. The van der Waals surface area contributed by atoms with Gasteiger partial charge >= 0.3 is 0 Å². The van der Waals surface area contributed by atoms with E-state index in [4.69, 9.17) is 11.6 Å². The largest absolute Gasteiger partial charge is 0.222 e. The van der Waals surface area contributed by atoms with Gasteiger partial charge in [-0.25, -0.2) is 8.42 Å². The number of benzene rings is 2. The summed E-state index contributed by atoms with van der Waals surface area (Å²) in [6, 6.07) is 14.2. The Morgan fingerprint density at radius 1 is 1.05 bits per heavy atom. The Kier molecular flexibility index (Phi) is 4.51. The fourth-order valence-electron chi connectivity index (χ4n) is 2.04. The van der Waals surface area contributed by atoms with Gasteiger partial charge in [0.05, 0.1) is 4.90 Å². The molecule has 0 bridgehead atoms. The molecular formula is C16H17ClO2S. The summed E-state index contributed by atoms with van der Waals surface area (Å²) in [5, 5.41) is 0. The van der Waals surface area contributed by atoms with Gasteiger partial charge in [0.15, 0.2) is 14.5 Å². The molecule has 2 rings (SSSR count). The second-order valence-corrected chi connectivity index (χ2v) is 7.44. The minimum atomic E-state index is -3.57. The normalized spacial score (nSPS) is 13.2. The van der Waals surface area contributed by atoms with Crippen molar-refractivity contribution < 1.29 is 8.42 Å². The van der Waals surface area contributed by atoms with Crippen LogP contribution < -0.4 is 0 Å². The molecular weight excluding hydrogens is 292 g/mol. The molecule has 0 radical (unpaired) electrons. The van der Waals surface area contributed by atoms with Gasteiger partial charge < -0.3 is 0 Å². The standard InChI is InChI=1S/C16H17ClO2S/c1-3-13-8-10-14(11-9-13)20(18,19)16(17)15-7-5-4-6-12(15)2/h4-11,16H,3H2,1-2H3. The maximum absolute atomic E-state index is 12.6. The average Bonchev–Trinajstić information content (AvgIpc) is 2.47. The quantitative estimate of drug-likeness (QED) is 0.790. The Hall–Kier alpha value is -1.32. The summed E-state index contributed by atoms with van der Waals surface area (Å²) in [4.78, 5) is 0.262. The van der Waals surface area contributed by atoms with Gasteiger partial charge in [0, 0.05) is 0 Å². The lowest BCUT2D eigenvalue weighted by atomic mass is 10.1. The highest BCUT2D eigenvalue weighted by Crippen LogP contribution is 2.34. The third-order valence-electron chi connectivity index (χ3n) is 3.37. The van der Waals surface area contributed by atoms with Crippen molar-refractivity contribution in [1.29, 1.82) is 0 Å². The highest BCUT2D eigenvalue weighted by Gasteiger charge is 2.27. The Bertz CT molecular complexity index is 691. The van der Waals surface area contributed by atoms with Crippen LogP contribution >= 0.6 is 11.6 Å². The van der Waals surface area contributed by atoms with Crippen molar-refractivity contribution >= 4 is 21.4 Å². The summed E-state index contributed by atoms with van der Waals surface area (Å²) in [6.45, 7) is 3.89. The van der Waals surface area contributed by atoms with E-state index in [1.165, 1.54) is 0 Å². The molecule has 4 heteroatoms. The van der Waals surface area contributed by atoms with E-state index in [2.05, 4.69) is 0 Å². The molecule has 106 valence electrons. The lowest BCUT2D eigenvalue weighted by molar-refractivity contribution is 0.593. The predicted octanol–water partition coefficient (Wildman–Crippen LogP) is 4.27. The minimum absolute atomic E-state index is 0.262. The first-order valence-corrected chi connectivity index (χ1v) is 8.47. The number of hydrogen-bond donors (Lipinski definition) is 0. The Labute approximate surface area is 125 Å². The molecule has 0 spiro atoms. The number of aryl methyl sites for hydroxylation is 2. The van der Waals surface area contributed by atoms with Crippen molar-refractivity contribution in [2.75, 3.05) is 0 Å². The number of hydrogen-bond acceptors (Lipinski definition) is 2. The van der Waals surface area contributed by atoms with Crippen LogP contribution in [0.3, 0.4) is 0 Å². The smallest absolute Gasteiger partial charge is 0.199 e. The third kappa shape index (κ3) is 2.89. The first-order valence-electron chi connectivity index (χ1n) is 6.49. The van der Waals surface area contributed by atoms with Gasteiger partial charge in [0.1, 0.15) is 0 Å². The first-order chi connectivity index (χ1) is 9.46. The van der Waals surface area contributed by atoms with Crippen molar-refractivity contribution in [3.05, 3.63) is 65.2 Å². The van der Waals surface area contributed by atoms with Gasteiger partial charge in [-0.05, 0) is 42.2 Å². The summed E-state index contributed by atoms with van der Waals surface area (Å²) in [5.41, 5.74) is 2.61. The molecule has 0 fully saturated rings. The van der Waals surface area contributed by atoms with E-state index in [-0.39, 0.29) is 4.90 Å². The minimum Gasteiger partial charge on any atom is -0.222 e. The molecule has 0 saturated heterocycles. The molecule has 2 aromatic rings. The van der Waals surface area contributed by atoms with E-state index in [0.717, 1.165) is 17.5 Å². The van der Waals surface area contributed by atoms with Crippen LogP contribution in [0.5, 0.6) is 0 Å². The Balaban J connectivity index is 2.41. The molecule has 0 aliphatic carbocycles. The van der Waals surface area contributed by atoms with Crippen LogP contribution in [-0.2, 0) is 16.3 Å². The number of sulfone groups is 1. The van der Waals surface area contributed by atoms with E-state index < -0.39 is 14.5 Å². The van der Waals surface area contributed by atoms with Gasteiger partial charge in [-0.15, -0.1) is 0 Å². The van der Waals surface area contributed by atoms with E-state index in [1.54, 1.807) is 24.3 Å². The summed E-state index contributed by atoms with van der Waals surface area (Å²) in [6.07, 6.45) is 0.877. The molecule has 0 aliphatic heterocycles. The van der Waals surface area contributed by atoms with Gasteiger partial charge in [-0.3, -0.25) is 0 Å². The van der Waals surface area contributed by atoms with Gasteiger partial charge in [0.2, 0.25) is 0 Å². The number of halogens is 1. The van der Waals surface area contributed by atoms with Crippen molar-refractivity contribution in [2.24, 2.45) is 0 Å². The van der Waals surface area contributed by atoms with E-state index in [9.17, 15) is 8.42 Å². The fraction of sp³-hybridized carbons (Fsp3) is 0.250. The molecule has 1 atom stereocenters. The molecule has 0 amide bonds. The van der Waals surface area contributed by atoms with Crippen LogP contribution in [0.4, 0.5) is 0 Å². The molecule has 1 unspecified atom stereocenters. The lowest BCUT2D eigenvalue weighted by Gasteiger charge is -2.14. The monoisotopic (exact) mass is 308 g/mol. The van der Waals surface area contributed by atoms with Crippen molar-refractivity contribution in [3.63, 3.8) is 0 Å². The Morgan fingerprint density at radius 2 is 1.65 bits per heavy atom. The average molecular weight is 309 g/mol. The zero-order chi connectivity index (χ0) is 14.8. The second-order valence-electron chi connectivity index (χ2n) is 4.72. The molecule has 2 nitrogen and oxygen atoms in total. The number of alkyl halides is 1. The first kappa shape index (κ1) is 15.1. The van der Waals surface area contributed by atoms with Crippen molar-refractivity contribution in [2.45, 2.75) is 29.9 Å². The van der Waals surface area contributed by atoms with Crippen LogP contribution in [0.2, 0.25) is 0 Å². The van der Waals surface area contributed by atoms with Gasteiger partial charge in [0.25, 0.3) is 0 Å². The van der Waals surface area contributed by atoms with Gasteiger partial charge in [-0.2, -0.15) is 0 Å². The van der Waals surface area contributed by atoms with E-state index >= 15 is 0 Å². The Morgan fingerprint density at radius 3 is 2.20 bits per heavy atom. The third-order valence-corrected chi connectivity index (χ3v) is 6.03. The van der Waals surface area contributed by atoms with Crippen molar-refractivity contribution in [1.82, 2.24) is 0 Å². The van der Waals surface area contributed by atoms with Gasteiger partial charge in [-0.1, -0.05) is 54.9 Å². The topological polar surface area (TPSA) is 34.1 Å². The van der Waals surface area contributed by atoms with Crippen LogP contribution in [0.15, 0.2) is 53.4 Å². The van der Waals surface area contributed by atoms with Crippen LogP contribution in [0.25, 0.3) is 0 Å². The van der Waals surface area contributed by atoms with Crippen LogP contribution in [0, 0.1) is 6.92 Å². The zero-order valence-corrected chi connectivity index (χ0v) is 13.1. The summed E-state index contributed by atoms with van der Waals surface area (Å²) >= 11 is 6.22. The number of rotatable bonds is 4. The summed E-state index contributed by atoms with van der Waals surface area (Å²) in [5.74, 6) is 0. The SMILES string of the molecule is CCc1ccc(S(=O)(=O)C(Cl)c2ccccc2C)cc1. The molecule has 0 saturated carbocycles. The predicted molar refractivity (Wildman–Crippen MR) is 82.8 cm³/mol. The fourth-order valence-corrected chi connectivity index (χ4v) is 3.95. The maximum Gasteiger partial charge on any atom is 0.199 e. The second kappa shape index (κ2) is 5.98. The van der Waals surface area contributed by atoms with Crippen molar-refractivity contribution in [3.8, 4) is 0 Å². The zero-order valence-electron chi connectivity index (χ0n) is 11.5. The van der Waals surface area contributed by atoms with Crippen LogP contribution in [0.1, 0.15) is 28.3 Å².